The fourth-order valence-electron chi connectivity index (χ4n) is 1.74. The number of guanidine groups is 1. The third-order valence-corrected chi connectivity index (χ3v) is 4.59. The second-order valence-electron chi connectivity index (χ2n) is 4.92. The molecular weight excluding hydrogens is 336 g/mol. The van der Waals surface area contributed by atoms with Crippen molar-refractivity contribution in [1.29, 1.82) is 0 Å². The lowest BCUT2D eigenvalue weighted by atomic mass is 10.2. The van der Waals surface area contributed by atoms with Gasteiger partial charge in [-0.3, -0.25) is 5.01 Å². The number of anilines is 1. The van der Waals surface area contributed by atoms with Crippen LogP contribution in [0.5, 0.6) is 0 Å². The van der Waals surface area contributed by atoms with Crippen LogP contribution < -0.4 is 11.2 Å². The summed E-state index contributed by atoms with van der Waals surface area (Å²) >= 11 is 6.05. The summed E-state index contributed by atoms with van der Waals surface area (Å²) in [6, 6.07) is 13.3. The van der Waals surface area contributed by atoms with Gasteiger partial charge in [0, 0.05) is 7.05 Å². The highest BCUT2D eigenvalue weighted by atomic mass is 35.5. The van der Waals surface area contributed by atoms with E-state index in [0.29, 0.717) is 10.7 Å². The summed E-state index contributed by atoms with van der Waals surface area (Å²) in [5, 5.41) is 4.33. The van der Waals surface area contributed by atoms with Crippen LogP contribution in [0, 0.1) is 6.92 Å². The summed E-state index contributed by atoms with van der Waals surface area (Å²) in [6.07, 6.45) is 0. The highest BCUT2D eigenvalue weighted by Crippen LogP contribution is 2.21. The number of aryl methyl sites for hydroxylation is 1. The Morgan fingerprint density at radius 1 is 1.17 bits per heavy atom. The van der Waals surface area contributed by atoms with Gasteiger partial charge in [-0.15, -0.1) is 4.40 Å². The third kappa shape index (κ3) is 4.44. The van der Waals surface area contributed by atoms with Crippen molar-refractivity contribution >= 4 is 33.3 Å². The van der Waals surface area contributed by atoms with Crippen LogP contribution in [0.4, 0.5) is 5.69 Å². The zero-order valence-corrected chi connectivity index (χ0v) is 14.3. The predicted octanol–water partition coefficient (Wildman–Crippen LogP) is 2.61. The molecule has 0 radical (unpaired) electrons. The average molecular weight is 353 g/mol. The van der Waals surface area contributed by atoms with Crippen molar-refractivity contribution in [2.45, 2.75) is 11.8 Å². The van der Waals surface area contributed by atoms with Crippen molar-refractivity contribution in [3.8, 4) is 0 Å². The van der Waals surface area contributed by atoms with E-state index in [0.717, 1.165) is 10.6 Å². The number of benzene rings is 2. The Balaban J connectivity index is 2.38. The molecule has 0 aliphatic rings. The molecule has 23 heavy (non-hydrogen) atoms. The quantitative estimate of drug-likeness (QED) is 0.383. The summed E-state index contributed by atoms with van der Waals surface area (Å²) in [5.74, 6) is 5.63. The normalized spacial score (nSPS) is 12.1. The van der Waals surface area contributed by atoms with E-state index in [1.165, 1.54) is 19.2 Å². The second-order valence-corrected chi connectivity index (χ2v) is 6.93. The molecule has 0 amide bonds. The number of nitrogens with two attached hydrogens (primary N) is 1. The van der Waals surface area contributed by atoms with Gasteiger partial charge >= 0.3 is 0 Å². The monoisotopic (exact) mass is 352 g/mol. The first kappa shape index (κ1) is 17.3. The smallest absolute Gasteiger partial charge is 0.285 e. The summed E-state index contributed by atoms with van der Waals surface area (Å²) in [4.78, 5) is 0.0865. The van der Waals surface area contributed by atoms with Crippen LogP contribution in [0.3, 0.4) is 0 Å². The van der Waals surface area contributed by atoms with Crippen molar-refractivity contribution in [3.05, 3.63) is 59.1 Å². The standard InChI is InChI=1S/C15H17ClN4O2S/c1-11-7-9-12(10-8-11)23(21,22)19-15(20(2)17)18-14-6-4-3-5-13(14)16/h3-10H,17H2,1-2H3,(H,18,19). The summed E-state index contributed by atoms with van der Waals surface area (Å²) in [7, 11) is -2.41. The first-order chi connectivity index (χ1) is 10.8. The van der Waals surface area contributed by atoms with Crippen LogP contribution in [-0.4, -0.2) is 26.4 Å². The minimum absolute atomic E-state index is 0.0429. The highest BCUT2D eigenvalue weighted by Gasteiger charge is 2.16. The van der Waals surface area contributed by atoms with Gasteiger partial charge in [0.05, 0.1) is 15.6 Å². The molecule has 0 bridgehead atoms. The number of hydrogen-bond donors (Lipinski definition) is 2. The second kappa shape index (κ2) is 6.99. The van der Waals surface area contributed by atoms with E-state index in [1.54, 1.807) is 36.4 Å². The number of rotatable bonds is 3. The lowest BCUT2D eigenvalue weighted by molar-refractivity contribution is 0.536. The van der Waals surface area contributed by atoms with Gasteiger partial charge in [0.2, 0.25) is 5.96 Å². The zero-order valence-electron chi connectivity index (χ0n) is 12.7. The molecule has 0 aromatic heterocycles. The van der Waals surface area contributed by atoms with Crippen LogP contribution in [0.15, 0.2) is 57.8 Å². The molecule has 0 fully saturated rings. The fraction of sp³-hybridized carbons (Fsp3) is 0.133. The molecule has 0 unspecified atom stereocenters. The molecule has 3 N–H and O–H groups in total. The predicted molar refractivity (Wildman–Crippen MR) is 92.8 cm³/mol. The van der Waals surface area contributed by atoms with E-state index in [4.69, 9.17) is 17.4 Å². The molecule has 2 aromatic carbocycles. The molecular formula is C15H17ClN4O2S. The Kier molecular flexibility index (Phi) is 5.25. The Hall–Kier alpha value is -2.09. The molecule has 0 aliphatic heterocycles. The van der Waals surface area contributed by atoms with Crippen LogP contribution in [0.2, 0.25) is 5.02 Å². The molecule has 0 atom stereocenters. The van der Waals surface area contributed by atoms with E-state index >= 15 is 0 Å². The van der Waals surface area contributed by atoms with E-state index in [9.17, 15) is 8.42 Å². The SMILES string of the molecule is Cc1ccc(S(=O)(=O)N=C(Nc2ccccc2Cl)N(C)N)cc1. The maximum Gasteiger partial charge on any atom is 0.285 e. The number of nitrogens with one attached hydrogen (secondary N) is 1. The third-order valence-electron chi connectivity index (χ3n) is 2.98. The summed E-state index contributed by atoms with van der Waals surface area (Å²) < 4.78 is 28.5. The van der Waals surface area contributed by atoms with Gasteiger partial charge in [-0.25, -0.2) is 5.84 Å². The van der Waals surface area contributed by atoms with Crippen LogP contribution in [0.25, 0.3) is 0 Å². The molecule has 0 heterocycles. The van der Waals surface area contributed by atoms with Gasteiger partial charge in [-0.2, -0.15) is 8.42 Å². The molecule has 6 nitrogen and oxygen atoms in total. The van der Waals surface area contributed by atoms with Gasteiger partial charge < -0.3 is 5.32 Å². The number of sulfonamides is 1. The molecule has 2 rings (SSSR count). The van der Waals surface area contributed by atoms with Crippen molar-refractivity contribution in [2.24, 2.45) is 10.2 Å². The molecule has 0 spiro atoms. The molecule has 0 saturated heterocycles. The van der Waals surface area contributed by atoms with Gasteiger partial charge in [0.1, 0.15) is 0 Å². The van der Waals surface area contributed by atoms with Crippen molar-refractivity contribution in [2.75, 3.05) is 12.4 Å². The van der Waals surface area contributed by atoms with Gasteiger partial charge in [0.15, 0.2) is 0 Å². The summed E-state index contributed by atoms with van der Waals surface area (Å²) in [5.41, 5.74) is 1.46. The summed E-state index contributed by atoms with van der Waals surface area (Å²) in [6.45, 7) is 1.87. The first-order valence-electron chi connectivity index (χ1n) is 6.71. The lowest BCUT2D eigenvalue weighted by Gasteiger charge is -2.17. The molecule has 0 aliphatic carbocycles. The van der Waals surface area contributed by atoms with Crippen LogP contribution in [0.1, 0.15) is 5.56 Å². The van der Waals surface area contributed by atoms with Crippen LogP contribution >= 0.6 is 11.6 Å². The number of hydrazine groups is 1. The van der Waals surface area contributed by atoms with E-state index in [1.807, 2.05) is 6.92 Å². The molecule has 8 heteroatoms. The largest absolute Gasteiger partial charge is 0.323 e. The van der Waals surface area contributed by atoms with E-state index < -0.39 is 10.0 Å². The fourth-order valence-corrected chi connectivity index (χ4v) is 2.91. The van der Waals surface area contributed by atoms with Crippen molar-refractivity contribution in [3.63, 3.8) is 0 Å². The number of para-hydroxylation sites is 1. The Morgan fingerprint density at radius 2 is 1.78 bits per heavy atom. The zero-order chi connectivity index (χ0) is 17.0. The Bertz CT molecular complexity index is 818. The van der Waals surface area contributed by atoms with Crippen LogP contribution in [-0.2, 0) is 10.0 Å². The average Bonchev–Trinajstić information content (AvgIpc) is 2.49. The first-order valence-corrected chi connectivity index (χ1v) is 8.53. The van der Waals surface area contributed by atoms with Crippen molar-refractivity contribution in [1.82, 2.24) is 5.01 Å². The number of nitrogens with zero attached hydrogens (tertiary/aromatic N) is 2. The minimum atomic E-state index is -3.89. The van der Waals surface area contributed by atoms with Crippen molar-refractivity contribution < 1.29 is 8.42 Å². The maximum absolute atomic E-state index is 12.4. The Labute approximate surface area is 140 Å². The van der Waals surface area contributed by atoms with Gasteiger partial charge in [-0.05, 0) is 31.2 Å². The van der Waals surface area contributed by atoms with E-state index in [2.05, 4.69) is 9.71 Å². The number of halogens is 1. The molecule has 2 aromatic rings. The Morgan fingerprint density at radius 3 is 2.35 bits per heavy atom. The highest BCUT2D eigenvalue weighted by molar-refractivity contribution is 7.90. The molecule has 122 valence electrons. The molecule has 0 saturated carbocycles. The van der Waals surface area contributed by atoms with E-state index in [-0.39, 0.29) is 10.9 Å². The number of hydrogen-bond acceptors (Lipinski definition) is 3. The maximum atomic E-state index is 12.4. The lowest BCUT2D eigenvalue weighted by Crippen LogP contribution is -2.39. The van der Waals surface area contributed by atoms with Gasteiger partial charge in [-0.1, -0.05) is 41.4 Å². The minimum Gasteiger partial charge on any atom is -0.323 e. The van der Waals surface area contributed by atoms with Gasteiger partial charge in [0.25, 0.3) is 10.0 Å². The topological polar surface area (TPSA) is 87.8 Å².